The van der Waals surface area contributed by atoms with Crippen molar-refractivity contribution in [3.63, 3.8) is 0 Å². The lowest BCUT2D eigenvalue weighted by molar-refractivity contribution is -0.146. The first kappa shape index (κ1) is 42.7. The molecule has 0 heterocycles. The molecule has 224 valence electrons. The summed E-state index contributed by atoms with van der Waals surface area (Å²) in [6, 6.07) is -0.982. The zero-order valence-electron chi connectivity index (χ0n) is 26.2. The third kappa shape index (κ3) is 14.4. The van der Waals surface area contributed by atoms with Crippen LogP contribution < -0.4 is 5.84 Å². The third-order valence-corrected chi connectivity index (χ3v) is 6.40. The maximum absolute atomic E-state index is 13.2. The first-order chi connectivity index (χ1) is 17.3. The van der Waals surface area contributed by atoms with E-state index < -0.39 is 29.4 Å². The molecule has 0 aliphatic heterocycles. The molecule has 0 saturated carbocycles. The van der Waals surface area contributed by atoms with Crippen molar-refractivity contribution >= 4 is 18.0 Å². The van der Waals surface area contributed by atoms with E-state index in [-0.39, 0.29) is 42.7 Å². The molecule has 9 heteroatoms. The Morgan fingerprint density at radius 3 is 1.70 bits per heavy atom. The first-order valence-electron chi connectivity index (χ1n) is 13.7. The highest BCUT2D eigenvalue weighted by Crippen LogP contribution is 2.29. The van der Waals surface area contributed by atoms with Crippen molar-refractivity contribution in [2.45, 2.75) is 107 Å². The lowest BCUT2D eigenvalue weighted by Gasteiger charge is -2.40. The number of hydrazine groups is 1. The number of hydrogen-bond donors (Lipinski definition) is 3. The van der Waals surface area contributed by atoms with Gasteiger partial charge in [-0.3, -0.25) is 19.4 Å². The van der Waals surface area contributed by atoms with Crippen LogP contribution >= 0.6 is 0 Å². The highest BCUT2D eigenvalue weighted by Gasteiger charge is 2.43. The lowest BCUT2D eigenvalue weighted by Crippen LogP contribution is -2.60. The highest BCUT2D eigenvalue weighted by atomic mass is 16.5. The Morgan fingerprint density at radius 1 is 0.919 bits per heavy atom. The van der Waals surface area contributed by atoms with Gasteiger partial charge in [-0.05, 0) is 19.3 Å². The fourth-order valence-electron chi connectivity index (χ4n) is 4.28. The Morgan fingerprint density at radius 2 is 1.35 bits per heavy atom. The van der Waals surface area contributed by atoms with E-state index in [9.17, 15) is 24.6 Å². The number of aliphatic hydroxyl groups excluding tert-OH is 1. The summed E-state index contributed by atoms with van der Waals surface area (Å²) >= 11 is 0. The highest BCUT2D eigenvalue weighted by molar-refractivity contribution is 5.84. The molecule has 0 bridgehead atoms. The normalized spacial score (nSPS) is 17.6. The molecule has 0 aromatic rings. The number of hydrogen-bond acceptors (Lipinski definition) is 8. The number of carbonyl (C=O) groups is 3. The third-order valence-electron chi connectivity index (χ3n) is 6.40. The van der Waals surface area contributed by atoms with Crippen LogP contribution in [-0.2, 0) is 23.9 Å². The minimum atomic E-state index is -1.53. The molecular formula is C28H60N2O7. The molecule has 0 radical (unpaired) electrons. The molecule has 1 amide bonds. The summed E-state index contributed by atoms with van der Waals surface area (Å²) in [5.41, 5.74) is -1.53. The molecule has 0 aliphatic rings. The van der Waals surface area contributed by atoms with Crippen molar-refractivity contribution in [2.75, 3.05) is 27.4 Å². The Kier molecular flexibility index (Phi) is 27.4. The topological polar surface area (TPSA) is 139 Å². The molecule has 0 fully saturated rings. The van der Waals surface area contributed by atoms with Gasteiger partial charge in [-0.15, -0.1) is 0 Å². The Hall–Kier alpha value is -1.39. The number of amides is 1. The predicted octanol–water partition coefficient (Wildman–Crippen LogP) is 3.88. The van der Waals surface area contributed by atoms with Gasteiger partial charge in [0, 0.05) is 37.9 Å². The zero-order chi connectivity index (χ0) is 30.5. The van der Waals surface area contributed by atoms with Gasteiger partial charge in [0.05, 0.1) is 25.4 Å². The summed E-state index contributed by atoms with van der Waals surface area (Å²) in [6.45, 7) is 21.9. The molecule has 8 atom stereocenters. The van der Waals surface area contributed by atoms with Crippen LogP contribution in [0, 0.1) is 29.6 Å². The number of rotatable bonds is 16. The lowest BCUT2D eigenvalue weighted by atomic mass is 9.77. The smallest absolute Gasteiger partial charge is 0.224 e. The van der Waals surface area contributed by atoms with Gasteiger partial charge in [-0.2, -0.15) is 0 Å². The van der Waals surface area contributed by atoms with Crippen LogP contribution in [0.4, 0.5) is 0 Å². The van der Waals surface area contributed by atoms with Gasteiger partial charge in [-0.1, -0.05) is 76.2 Å². The average Bonchev–Trinajstić information content (AvgIpc) is 2.92. The van der Waals surface area contributed by atoms with Gasteiger partial charge in [0.15, 0.2) is 0 Å². The number of nitrogens with two attached hydrogens (primary N) is 1. The van der Waals surface area contributed by atoms with Gasteiger partial charge in [0.1, 0.15) is 17.2 Å². The number of Topliss-reactive ketones (excluding diaryl/α,β-unsaturated/α-hetero) is 2. The van der Waals surface area contributed by atoms with E-state index in [1.807, 2.05) is 48.5 Å². The maximum atomic E-state index is 13.2. The molecule has 0 aliphatic carbocycles. The SMILES string of the molecule is CC.CC.CC.COC[C@@](C)(O)C(C(C)C(=O)[C@H](C)CC(OC)[C@H](C)C(C)C(=O)C(C)CO)N(N)C=O. The van der Waals surface area contributed by atoms with Crippen LogP contribution in [0.25, 0.3) is 0 Å². The van der Waals surface area contributed by atoms with Crippen molar-refractivity contribution in [1.82, 2.24) is 5.01 Å². The quantitative estimate of drug-likeness (QED) is 0.117. The molecule has 0 spiro atoms. The summed E-state index contributed by atoms with van der Waals surface area (Å²) in [4.78, 5) is 36.9. The number of ether oxygens (including phenoxy) is 2. The number of carbonyl (C=O) groups excluding carboxylic acids is 3. The molecule has 0 aromatic heterocycles. The fraction of sp³-hybridized carbons (Fsp3) is 0.893. The molecule has 9 nitrogen and oxygen atoms in total. The van der Waals surface area contributed by atoms with E-state index in [0.29, 0.717) is 12.8 Å². The van der Waals surface area contributed by atoms with E-state index in [0.717, 1.165) is 5.01 Å². The number of ketones is 2. The van der Waals surface area contributed by atoms with Crippen LogP contribution in [0.1, 0.15) is 89.5 Å². The molecule has 4 N–H and O–H groups in total. The van der Waals surface area contributed by atoms with Crippen LogP contribution in [0.5, 0.6) is 0 Å². The predicted molar refractivity (Wildman–Crippen MR) is 151 cm³/mol. The molecule has 0 rings (SSSR count). The van der Waals surface area contributed by atoms with Crippen LogP contribution in [0.2, 0.25) is 0 Å². The van der Waals surface area contributed by atoms with E-state index in [1.54, 1.807) is 27.7 Å². The molecular weight excluding hydrogens is 476 g/mol. The Labute approximate surface area is 227 Å². The second kappa shape index (κ2) is 23.7. The number of nitrogens with zero attached hydrogens (tertiary/aromatic N) is 1. The Balaban J connectivity index is -0.000000839. The molecule has 37 heavy (non-hydrogen) atoms. The second-order valence-corrected chi connectivity index (χ2v) is 9.02. The van der Waals surface area contributed by atoms with Crippen molar-refractivity contribution in [1.29, 1.82) is 0 Å². The van der Waals surface area contributed by atoms with Crippen LogP contribution in [0.3, 0.4) is 0 Å². The minimum Gasteiger partial charge on any atom is -0.396 e. The molecule has 0 saturated heterocycles. The van der Waals surface area contributed by atoms with Crippen LogP contribution in [-0.4, -0.2) is 78.4 Å². The summed E-state index contributed by atoms with van der Waals surface area (Å²) in [5, 5.41) is 20.8. The minimum absolute atomic E-state index is 0.0511. The summed E-state index contributed by atoms with van der Waals surface area (Å²) in [5.74, 6) is 3.32. The summed E-state index contributed by atoms with van der Waals surface area (Å²) in [7, 11) is 2.95. The summed E-state index contributed by atoms with van der Waals surface area (Å²) < 4.78 is 10.6. The maximum Gasteiger partial charge on any atom is 0.224 e. The van der Waals surface area contributed by atoms with Crippen molar-refractivity contribution in [3.8, 4) is 0 Å². The largest absolute Gasteiger partial charge is 0.396 e. The monoisotopic (exact) mass is 536 g/mol. The van der Waals surface area contributed by atoms with E-state index in [4.69, 9.17) is 15.3 Å². The van der Waals surface area contributed by atoms with E-state index in [1.165, 1.54) is 21.1 Å². The fourth-order valence-corrected chi connectivity index (χ4v) is 4.28. The number of aliphatic hydroxyl groups is 2. The standard InChI is InChI=1S/C22H42N2O7.3C2H6/c1-13(9-18(31-8)15(3)16(4)20(28)14(2)10-25)19(27)17(5)21(24(23)12-26)22(6,29)11-30-7;3*1-2/h12-18,21,25,29H,9-11,23H2,1-8H3;3*1-2H3/t13-,14?,15-,16?,17?,18?,21?,22-;;;/m1.../s1. The van der Waals surface area contributed by atoms with Gasteiger partial charge in [-0.25, -0.2) is 5.84 Å². The van der Waals surface area contributed by atoms with Crippen molar-refractivity contribution in [2.24, 2.45) is 35.4 Å². The van der Waals surface area contributed by atoms with Gasteiger partial charge in [0.25, 0.3) is 0 Å². The zero-order valence-corrected chi connectivity index (χ0v) is 26.2. The summed E-state index contributed by atoms with van der Waals surface area (Å²) in [6.07, 6.45) is 0.365. The van der Waals surface area contributed by atoms with Crippen LogP contribution in [0.15, 0.2) is 0 Å². The first-order valence-corrected chi connectivity index (χ1v) is 13.7. The Bertz CT molecular complexity index is 587. The average molecular weight is 537 g/mol. The van der Waals surface area contributed by atoms with Gasteiger partial charge >= 0.3 is 0 Å². The molecule has 5 unspecified atom stereocenters. The van der Waals surface area contributed by atoms with E-state index in [2.05, 4.69) is 0 Å². The van der Waals surface area contributed by atoms with Crippen molar-refractivity contribution < 1.29 is 34.1 Å². The molecule has 0 aromatic carbocycles. The second-order valence-electron chi connectivity index (χ2n) is 9.02. The van der Waals surface area contributed by atoms with E-state index >= 15 is 0 Å². The van der Waals surface area contributed by atoms with Gasteiger partial charge in [0.2, 0.25) is 6.41 Å². The number of methoxy groups -OCH3 is 2. The van der Waals surface area contributed by atoms with Gasteiger partial charge < -0.3 is 19.7 Å². The van der Waals surface area contributed by atoms with Crippen molar-refractivity contribution in [3.05, 3.63) is 0 Å².